The molecule has 0 spiro atoms. The van der Waals surface area contributed by atoms with Gasteiger partial charge in [0, 0.05) is 27.8 Å². The maximum absolute atomic E-state index is 15.0. The predicted octanol–water partition coefficient (Wildman–Crippen LogP) is 5.49. The van der Waals surface area contributed by atoms with E-state index in [9.17, 15) is 18.3 Å². The Morgan fingerprint density at radius 3 is 2.02 bits per heavy atom. The van der Waals surface area contributed by atoms with Crippen LogP contribution in [0.25, 0.3) is 0 Å². The van der Waals surface area contributed by atoms with E-state index in [1.165, 1.54) is 75.9 Å². The third kappa shape index (κ3) is 4.38. The zero-order valence-corrected chi connectivity index (χ0v) is 24.1. The number of nitrogens with zero attached hydrogens (tertiary/aromatic N) is 1. The minimum Gasteiger partial charge on any atom is -0.497 e. The van der Waals surface area contributed by atoms with E-state index in [0.717, 1.165) is 0 Å². The van der Waals surface area contributed by atoms with Crippen molar-refractivity contribution < 1.29 is 42.1 Å². The molecule has 0 fully saturated rings. The molecule has 1 unspecified atom stereocenters. The van der Waals surface area contributed by atoms with E-state index < -0.39 is 27.5 Å². The average molecular weight is 610 g/mol. The summed E-state index contributed by atoms with van der Waals surface area (Å²) in [7, 11) is -0.539. The van der Waals surface area contributed by atoms with Crippen LogP contribution in [0.1, 0.15) is 16.7 Å². The van der Waals surface area contributed by atoms with E-state index in [2.05, 4.69) is 0 Å². The third-order valence-corrected chi connectivity index (χ3v) is 8.95. The molecule has 1 amide bonds. The van der Waals surface area contributed by atoms with Gasteiger partial charge < -0.3 is 24.1 Å². The van der Waals surface area contributed by atoms with Crippen LogP contribution in [-0.4, -0.2) is 46.9 Å². The van der Waals surface area contributed by atoms with Gasteiger partial charge in [0.25, 0.3) is 15.9 Å². The molecule has 0 saturated heterocycles. The fraction of sp³-hybridized carbons (Fsp3) is 0.133. The van der Waals surface area contributed by atoms with E-state index in [-0.39, 0.29) is 49.5 Å². The van der Waals surface area contributed by atoms with E-state index >= 15 is 4.79 Å². The second-order valence-electron chi connectivity index (χ2n) is 9.07. The van der Waals surface area contributed by atoms with Crippen molar-refractivity contribution in [2.75, 3.05) is 25.6 Å². The Bertz CT molecular complexity index is 1830. The van der Waals surface area contributed by atoms with Crippen LogP contribution in [0.15, 0.2) is 89.8 Å². The zero-order valence-electron chi connectivity index (χ0n) is 22.5. The Morgan fingerprint density at radius 2 is 1.40 bits per heavy atom. The number of carbonyl (C=O) groups is 2. The topological polar surface area (TPSA) is 129 Å². The molecule has 4 aromatic carbocycles. The molecule has 0 saturated carbocycles. The van der Waals surface area contributed by atoms with Gasteiger partial charge in [-0.2, -0.15) is 0 Å². The Morgan fingerprint density at radius 1 is 0.786 bits per heavy atom. The molecule has 0 radical (unpaired) electrons. The van der Waals surface area contributed by atoms with Crippen molar-refractivity contribution in [1.82, 2.24) is 0 Å². The first kappa shape index (κ1) is 28.8. The van der Waals surface area contributed by atoms with Crippen molar-refractivity contribution in [1.29, 1.82) is 0 Å². The molecule has 1 heterocycles. The van der Waals surface area contributed by atoms with Crippen molar-refractivity contribution in [3.63, 3.8) is 0 Å². The Kier molecular flexibility index (Phi) is 7.48. The van der Waals surface area contributed by atoms with Crippen molar-refractivity contribution in [2.45, 2.75) is 10.3 Å². The highest BCUT2D eigenvalue weighted by molar-refractivity contribution is 7.93. The molecule has 1 atom stereocenters. The van der Waals surface area contributed by atoms with Gasteiger partial charge in [-0.05, 0) is 42.5 Å². The van der Waals surface area contributed by atoms with Gasteiger partial charge in [-0.15, -0.1) is 0 Å². The highest BCUT2D eigenvalue weighted by Gasteiger charge is 2.59. The Hall–Kier alpha value is -4.74. The number of sulfonamides is 1. The number of para-hydroxylation sites is 2. The summed E-state index contributed by atoms with van der Waals surface area (Å²) in [5.74, 6) is -0.598. The zero-order chi connectivity index (χ0) is 30.2. The SMILES string of the molecule is COc1ccc(S(=O)(=O)N2C(=O)C(c3ccccc3OC)(c3ccccc3OC(=O)O)c3cc(Cl)ccc32)c(OC)c1. The quantitative estimate of drug-likeness (QED) is 0.204. The molecular formula is C30H24ClNO9S. The summed E-state index contributed by atoms with van der Waals surface area (Å²) in [6, 6.07) is 21.0. The molecule has 4 aromatic rings. The van der Waals surface area contributed by atoms with Crippen molar-refractivity contribution >= 4 is 39.4 Å². The van der Waals surface area contributed by atoms with Crippen molar-refractivity contribution in [3.05, 3.63) is 107 Å². The van der Waals surface area contributed by atoms with E-state index in [0.29, 0.717) is 10.1 Å². The molecule has 0 aliphatic carbocycles. The summed E-state index contributed by atoms with van der Waals surface area (Å²) in [5.41, 5.74) is -1.52. The molecule has 0 bridgehead atoms. The van der Waals surface area contributed by atoms with Gasteiger partial charge in [-0.25, -0.2) is 17.5 Å². The lowest BCUT2D eigenvalue weighted by atomic mass is 9.69. The van der Waals surface area contributed by atoms with Gasteiger partial charge in [0.2, 0.25) is 0 Å². The van der Waals surface area contributed by atoms with Gasteiger partial charge in [-0.1, -0.05) is 48.0 Å². The standard InChI is InChI=1S/C30H24ClNO9S/c1-38-19-13-15-27(26(17-19)40-3)42(36,37)32-23-14-12-18(31)16-22(23)30(28(32)33,20-8-4-6-10-24(20)39-2)21-9-5-7-11-25(21)41-29(34)35/h4-17H,1-3H3,(H,34,35). The number of carbonyl (C=O) groups excluding carboxylic acids is 1. The lowest BCUT2D eigenvalue weighted by Gasteiger charge is -2.32. The van der Waals surface area contributed by atoms with Gasteiger partial charge in [0.15, 0.2) is 0 Å². The third-order valence-electron chi connectivity index (χ3n) is 6.98. The van der Waals surface area contributed by atoms with Crippen LogP contribution in [0.4, 0.5) is 10.5 Å². The first-order valence-corrected chi connectivity index (χ1v) is 14.2. The van der Waals surface area contributed by atoms with Gasteiger partial charge in [-0.3, -0.25) is 4.79 Å². The summed E-state index contributed by atoms with van der Waals surface area (Å²) in [4.78, 5) is 26.5. The highest BCUT2D eigenvalue weighted by Crippen LogP contribution is 2.56. The minimum absolute atomic E-state index is 0.00157. The molecule has 216 valence electrons. The Labute approximate surface area is 246 Å². The average Bonchev–Trinajstić information content (AvgIpc) is 3.24. The predicted molar refractivity (Wildman–Crippen MR) is 154 cm³/mol. The largest absolute Gasteiger partial charge is 0.511 e. The number of rotatable bonds is 8. The molecule has 5 rings (SSSR count). The number of carboxylic acid groups (broad SMARTS) is 1. The van der Waals surface area contributed by atoms with Crippen molar-refractivity contribution in [2.24, 2.45) is 0 Å². The van der Waals surface area contributed by atoms with Crippen molar-refractivity contribution in [3.8, 4) is 23.0 Å². The van der Waals surface area contributed by atoms with Crippen LogP contribution in [0.2, 0.25) is 5.02 Å². The molecule has 42 heavy (non-hydrogen) atoms. The lowest BCUT2D eigenvalue weighted by molar-refractivity contribution is -0.119. The number of hydrogen-bond acceptors (Lipinski definition) is 8. The number of fused-ring (bicyclic) bond motifs is 1. The normalized spacial score (nSPS) is 16.1. The van der Waals surface area contributed by atoms with Crippen LogP contribution in [0.5, 0.6) is 23.0 Å². The van der Waals surface area contributed by atoms with Crippen LogP contribution in [0, 0.1) is 0 Å². The van der Waals surface area contributed by atoms with E-state index in [1.807, 2.05) is 0 Å². The minimum atomic E-state index is -4.66. The van der Waals surface area contributed by atoms with Gasteiger partial charge in [0.1, 0.15) is 33.3 Å². The van der Waals surface area contributed by atoms with Crippen LogP contribution >= 0.6 is 11.6 Å². The Balaban J connectivity index is 1.91. The fourth-order valence-electron chi connectivity index (χ4n) is 5.27. The number of ether oxygens (including phenoxy) is 4. The molecule has 0 aromatic heterocycles. The summed E-state index contributed by atoms with van der Waals surface area (Å²) in [6.07, 6.45) is -1.62. The van der Waals surface area contributed by atoms with Gasteiger partial charge >= 0.3 is 6.16 Å². The lowest BCUT2D eigenvalue weighted by Crippen LogP contribution is -2.45. The van der Waals surface area contributed by atoms with Crippen LogP contribution < -0.4 is 23.3 Å². The fourth-order valence-corrected chi connectivity index (χ4v) is 7.05. The van der Waals surface area contributed by atoms with E-state index in [4.69, 9.17) is 30.5 Å². The highest BCUT2D eigenvalue weighted by atomic mass is 35.5. The van der Waals surface area contributed by atoms with Crippen LogP contribution in [0.3, 0.4) is 0 Å². The molecule has 10 nitrogen and oxygen atoms in total. The molecule has 1 N–H and O–H groups in total. The van der Waals surface area contributed by atoms with Gasteiger partial charge in [0.05, 0.1) is 27.0 Å². The summed E-state index contributed by atoms with van der Waals surface area (Å²) in [6.45, 7) is 0. The first-order chi connectivity index (χ1) is 20.1. The van der Waals surface area contributed by atoms with Crippen LogP contribution in [-0.2, 0) is 20.2 Å². The number of benzene rings is 4. The second kappa shape index (κ2) is 10.9. The van der Waals surface area contributed by atoms with E-state index in [1.54, 1.807) is 30.3 Å². The second-order valence-corrected chi connectivity index (χ2v) is 11.3. The monoisotopic (exact) mass is 609 g/mol. The summed E-state index contributed by atoms with van der Waals surface area (Å²) < 4.78 is 50.9. The summed E-state index contributed by atoms with van der Waals surface area (Å²) in [5, 5.41) is 9.75. The number of halogens is 1. The molecule has 12 heteroatoms. The molecule has 1 aliphatic rings. The maximum Gasteiger partial charge on any atom is 0.511 e. The smallest absolute Gasteiger partial charge is 0.497 e. The summed E-state index contributed by atoms with van der Waals surface area (Å²) >= 11 is 6.46. The number of amides is 1. The number of anilines is 1. The first-order valence-electron chi connectivity index (χ1n) is 12.4. The molecular weight excluding hydrogens is 586 g/mol. The number of methoxy groups -OCH3 is 3. The number of hydrogen-bond donors (Lipinski definition) is 1. The molecule has 1 aliphatic heterocycles. The maximum atomic E-state index is 15.0.